The molecule has 1 aliphatic heterocycles. The Morgan fingerprint density at radius 1 is 1.35 bits per heavy atom. The molecule has 0 spiro atoms. The number of carbonyl (C=O) groups excluding carboxylic acids is 2. The van der Waals surface area contributed by atoms with Crippen molar-refractivity contribution in [1.82, 2.24) is 10.2 Å². The maximum absolute atomic E-state index is 12.3. The molecule has 0 aromatic rings. The summed E-state index contributed by atoms with van der Waals surface area (Å²) in [6.07, 6.45) is 5.34. The molecule has 1 heterocycles. The maximum Gasteiger partial charge on any atom is 0.247 e. The summed E-state index contributed by atoms with van der Waals surface area (Å²) in [5, 5.41) is 3.33. The Labute approximate surface area is 127 Å². The molecule has 1 rings (SSSR count). The number of imide groups is 1. The van der Waals surface area contributed by atoms with E-state index in [0.717, 1.165) is 25.8 Å². The number of nitrogens with one attached hydrogen (secondary N) is 1. The lowest BCUT2D eigenvalue weighted by molar-refractivity contribution is -0.141. The Balaban J connectivity index is 2.67. The Kier molecular flexibility index (Phi) is 6.52. The minimum absolute atomic E-state index is 0.00413. The van der Waals surface area contributed by atoms with Crippen molar-refractivity contribution < 1.29 is 9.59 Å². The molecule has 0 saturated carbocycles. The van der Waals surface area contributed by atoms with Gasteiger partial charge in [-0.1, -0.05) is 20.8 Å². The highest BCUT2D eigenvalue weighted by Crippen LogP contribution is 2.30. The first-order valence-corrected chi connectivity index (χ1v) is 8.81. The number of amides is 2. The second-order valence-corrected chi connectivity index (χ2v) is 6.87. The molecule has 4 nitrogen and oxygen atoms in total. The van der Waals surface area contributed by atoms with Crippen LogP contribution in [-0.2, 0) is 9.59 Å². The molecule has 1 aliphatic rings. The first-order valence-electron chi connectivity index (χ1n) is 7.59. The van der Waals surface area contributed by atoms with E-state index < -0.39 is 0 Å². The first kappa shape index (κ1) is 17.5. The minimum atomic E-state index is -0.332. The number of rotatable bonds is 8. The molecule has 2 atom stereocenters. The third-order valence-electron chi connectivity index (χ3n) is 4.61. The van der Waals surface area contributed by atoms with Crippen LogP contribution >= 0.6 is 11.8 Å². The molecule has 0 aromatic heterocycles. The largest absolute Gasteiger partial charge is 0.304 e. The van der Waals surface area contributed by atoms with Crippen LogP contribution in [0.2, 0.25) is 0 Å². The molecular formula is C15H28N2O2S. The second-order valence-electron chi connectivity index (χ2n) is 5.59. The second kappa shape index (κ2) is 7.46. The molecule has 0 radical (unpaired) electrons. The molecule has 2 amide bonds. The summed E-state index contributed by atoms with van der Waals surface area (Å²) in [4.78, 5) is 25.8. The molecule has 0 aromatic carbocycles. The summed E-state index contributed by atoms with van der Waals surface area (Å²) in [6.45, 7) is 9.06. The zero-order valence-corrected chi connectivity index (χ0v) is 14.2. The topological polar surface area (TPSA) is 49.4 Å². The number of carbonyl (C=O) groups is 2. The third-order valence-corrected chi connectivity index (χ3v) is 6.19. The highest BCUT2D eigenvalue weighted by atomic mass is 32.2. The van der Waals surface area contributed by atoms with Gasteiger partial charge in [0.05, 0.1) is 12.5 Å². The van der Waals surface area contributed by atoms with Crippen molar-refractivity contribution in [2.24, 2.45) is 0 Å². The fourth-order valence-corrected chi connectivity index (χ4v) is 3.43. The SMILES string of the molecule is CCC(C)N1C(=O)CC(NCC(CC)(CC)SC)C1=O. The van der Waals surface area contributed by atoms with Gasteiger partial charge < -0.3 is 5.32 Å². The lowest BCUT2D eigenvalue weighted by atomic mass is 10.0. The lowest BCUT2D eigenvalue weighted by Gasteiger charge is -2.31. The fraction of sp³-hybridized carbons (Fsp3) is 0.867. The van der Waals surface area contributed by atoms with Gasteiger partial charge in [-0.25, -0.2) is 0 Å². The van der Waals surface area contributed by atoms with Crippen LogP contribution in [0.3, 0.4) is 0 Å². The van der Waals surface area contributed by atoms with Gasteiger partial charge in [-0.2, -0.15) is 11.8 Å². The van der Waals surface area contributed by atoms with Crippen molar-refractivity contribution in [3.63, 3.8) is 0 Å². The predicted molar refractivity (Wildman–Crippen MR) is 84.8 cm³/mol. The van der Waals surface area contributed by atoms with Gasteiger partial charge in [0, 0.05) is 17.3 Å². The van der Waals surface area contributed by atoms with E-state index in [1.807, 2.05) is 25.6 Å². The minimum Gasteiger partial charge on any atom is -0.304 e. The maximum atomic E-state index is 12.3. The van der Waals surface area contributed by atoms with E-state index in [4.69, 9.17) is 0 Å². The average molecular weight is 300 g/mol. The van der Waals surface area contributed by atoms with Gasteiger partial charge in [-0.3, -0.25) is 14.5 Å². The smallest absolute Gasteiger partial charge is 0.247 e. The Morgan fingerprint density at radius 3 is 2.40 bits per heavy atom. The Hall–Kier alpha value is -0.550. The van der Waals surface area contributed by atoms with Crippen molar-refractivity contribution in [3.8, 4) is 0 Å². The number of nitrogens with zero attached hydrogens (tertiary/aromatic N) is 1. The van der Waals surface area contributed by atoms with Gasteiger partial charge in [0.1, 0.15) is 0 Å². The molecule has 1 fully saturated rings. The lowest BCUT2D eigenvalue weighted by Crippen LogP contribution is -2.46. The zero-order chi connectivity index (χ0) is 15.3. The van der Waals surface area contributed by atoms with E-state index in [9.17, 15) is 9.59 Å². The van der Waals surface area contributed by atoms with E-state index in [2.05, 4.69) is 25.4 Å². The summed E-state index contributed by atoms with van der Waals surface area (Å²) in [6, 6.07) is -0.328. The standard InChI is InChI=1S/C15H28N2O2S/c1-6-11(4)17-13(18)9-12(14(17)19)16-10-15(7-2,8-3)20-5/h11-12,16H,6-10H2,1-5H3. The predicted octanol–water partition coefficient (Wildman–Crippen LogP) is 2.42. The summed E-state index contributed by atoms with van der Waals surface area (Å²) >= 11 is 1.84. The highest BCUT2D eigenvalue weighted by molar-refractivity contribution is 8.00. The summed E-state index contributed by atoms with van der Waals surface area (Å²) in [5.41, 5.74) is 0. The van der Waals surface area contributed by atoms with Gasteiger partial charge in [0.2, 0.25) is 11.8 Å². The van der Waals surface area contributed by atoms with Crippen LogP contribution < -0.4 is 5.32 Å². The molecule has 5 heteroatoms. The van der Waals surface area contributed by atoms with Crippen LogP contribution in [-0.4, -0.2) is 46.3 Å². The normalized spacial score (nSPS) is 21.6. The van der Waals surface area contributed by atoms with Gasteiger partial charge in [0.25, 0.3) is 0 Å². The number of likely N-dealkylation sites (tertiary alicyclic amines) is 1. The molecule has 1 saturated heterocycles. The van der Waals surface area contributed by atoms with E-state index in [1.165, 1.54) is 4.90 Å². The molecule has 2 unspecified atom stereocenters. The van der Waals surface area contributed by atoms with Gasteiger partial charge >= 0.3 is 0 Å². The number of thioether (sulfide) groups is 1. The average Bonchev–Trinajstić information content (AvgIpc) is 2.75. The zero-order valence-electron chi connectivity index (χ0n) is 13.4. The summed E-state index contributed by atoms with van der Waals surface area (Å²) < 4.78 is 0.160. The quantitative estimate of drug-likeness (QED) is 0.700. The third kappa shape index (κ3) is 3.55. The first-order chi connectivity index (χ1) is 9.44. The summed E-state index contributed by atoms with van der Waals surface area (Å²) in [5.74, 6) is -0.0869. The van der Waals surface area contributed by atoms with Crippen LogP contribution in [0.4, 0.5) is 0 Å². The molecular weight excluding hydrogens is 272 g/mol. The van der Waals surface area contributed by atoms with Crippen molar-refractivity contribution in [2.45, 2.75) is 70.2 Å². The van der Waals surface area contributed by atoms with E-state index in [0.29, 0.717) is 6.42 Å². The van der Waals surface area contributed by atoms with Gasteiger partial charge in [0.15, 0.2) is 0 Å². The van der Waals surface area contributed by atoms with Crippen LogP contribution in [0.15, 0.2) is 0 Å². The number of hydrogen-bond acceptors (Lipinski definition) is 4. The van der Waals surface area contributed by atoms with Gasteiger partial charge in [-0.05, 0) is 32.4 Å². The Bertz CT molecular complexity index is 348. The van der Waals surface area contributed by atoms with Crippen LogP contribution in [0, 0.1) is 0 Å². The van der Waals surface area contributed by atoms with Crippen molar-refractivity contribution >= 4 is 23.6 Å². The molecule has 0 bridgehead atoms. The van der Waals surface area contributed by atoms with Crippen LogP contribution in [0.25, 0.3) is 0 Å². The molecule has 0 aliphatic carbocycles. The summed E-state index contributed by atoms with van der Waals surface area (Å²) in [7, 11) is 0. The molecule has 20 heavy (non-hydrogen) atoms. The van der Waals surface area contributed by atoms with Crippen LogP contribution in [0.1, 0.15) is 53.4 Å². The van der Waals surface area contributed by atoms with Crippen molar-refractivity contribution in [1.29, 1.82) is 0 Å². The van der Waals surface area contributed by atoms with Gasteiger partial charge in [-0.15, -0.1) is 0 Å². The highest BCUT2D eigenvalue weighted by Gasteiger charge is 2.41. The van der Waals surface area contributed by atoms with E-state index in [1.54, 1.807) is 0 Å². The molecule has 116 valence electrons. The molecule has 1 N–H and O–H groups in total. The van der Waals surface area contributed by atoms with E-state index >= 15 is 0 Å². The Morgan fingerprint density at radius 2 is 1.95 bits per heavy atom. The van der Waals surface area contributed by atoms with Crippen molar-refractivity contribution in [3.05, 3.63) is 0 Å². The van der Waals surface area contributed by atoms with Crippen molar-refractivity contribution in [2.75, 3.05) is 12.8 Å². The number of hydrogen-bond donors (Lipinski definition) is 1. The monoisotopic (exact) mass is 300 g/mol. The van der Waals surface area contributed by atoms with Crippen LogP contribution in [0.5, 0.6) is 0 Å². The fourth-order valence-electron chi connectivity index (χ4n) is 2.63. The van der Waals surface area contributed by atoms with E-state index in [-0.39, 0.29) is 28.6 Å².